The molecule has 0 bridgehead atoms. The maximum Gasteiger partial charge on any atom is 0.132 e. The number of aromatic nitrogens is 1. The van der Waals surface area contributed by atoms with Gasteiger partial charge in [0.2, 0.25) is 0 Å². The van der Waals surface area contributed by atoms with Gasteiger partial charge in [-0.25, -0.2) is 0 Å². The Kier molecular flexibility index (Phi) is 3.32. The summed E-state index contributed by atoms with van der Waals surface area (Å²) in [5.41, 5.74) is 2.61. The molecule has 1 unspecified atom stereocenters. The molecule has 17 heavy (non-hydrogen) atoms. The molecule has 0 spiro atoms. The van der Waals surface area contributed by atoms with Crippen molar-refractivity contribution in [3.8, 4) is 0 Å². The number of benzene rings is 1. The molecule has 0 aliphatic rings. The Balaban J connectivity index is 2.22. The van der Waals surface area contributed by atoms with Crippen molar-refractivity contribution >= 4 is 16.7 Å². The maximum atomic E-state index is 11.2. The van der Waals surface area contributed by atoms with E-state index in [4.69, 9.17) is 0 Å². The van der Waals surface area contributed by atoms with Crippen molar-refractivity contribution in [1.29, 1.82) is 0 Å². The van der Waals surface area contributed by atoms with Crippen molar-refractivity contribution in [1.82, 2.24) is 4.57 Å². The van der Waals surface area contributed by atoms with E-state index in [0.717, 1.165) is 12.8 Å². The van der Waals surface area contributed by atoms with Gasteiger partial charge in [-0.05, 0) is 31.4 Å². The van der Waals surface area contributed by atoms with Crippen molar-refractivity contribution in [2.45, 2.75) is 26.7 Å². The summed E-state index contributed by atoms with van der Waals surface area (Å²) < 4.78 is 2.16. The lowest BCUT2D eigenvalue weighted by molar-refractivity contribution is -0.120. The van der Waals surface area contributed by atoms with Crippen LogP contribution in [-0.4, -0.2) is 10.4 Å². The summed E-state index contributed by atoms with van der Waals surface area (Å²) in [6.45, 7) is 3.68. The highest BCUT2D eigenvalue weighted by Gasteiger charge is 2.10. The minimum atomic E-state index is 0.161. The van der Waals surface area contributed by atoms with Gasteiger partial charge in [-0.15, -0.1) is 0 Å². The molecule has 2 heteroatoms. The number of hydrogen-bond acceptors (Lipinski definition) is 1. The number of Topliss-reactive ketones (excluding diaryl/α,β-unsaturated/α-hetero) is 1. The van der Waals surface area contributed by atoms with Crippen LogP contribution in [0.25, 0.3) is 10.9 Å². The van der Waals surface area contributed by atoms with Gasteiger partial charge in [0.1, 0.15) is 5.78 Å². The number of fused-ring (bicyclic) bond motifs is 1. The standard InChI is InChI=1S/C15H19NO/c1-11(12(2)17)8-9-13-10-16(3)15-7-5-4-6-14(13)15/h4-7,10-11H,8-9H2,1-3H3. The quantitative estimate of drug-likeness (QED) is 0.788. The lowest BCUT2D eigenvalue weighted by Crippen LogP contribution is -2.07. The number of nitrogens with zero attached hydrogens (tertiary/aromatic N) is 1. The highest BCUT2D eigenvalue weighted by molar-refractivity contribution is 5.84. The molecule has 0 aliphatic carbocycles. The highest BCUT2D eigenvalue weighted by atomic mass is 16.1. The summed E-state index contributed by atoms with van der Waals surface area (Å²) in [4.78, 5) is 11.2. The molecule has 0 saturated carbocycles. The normalized spacial score (nSPS) is 12.9. The van der Waals surface area contributed by atoms with Crippen LogP contribution in [0.1, 0.15) is 25.8 Å². The van der Waals surface area contributed by atoms with E-state index in [-0.39, 0.29) is 11.7 Å². The Labute approximate surface area is 102 Å². The van der Waals surface area contributed by atoms with E-state index in [1.54, 1.807) is 6.92 Å². The SMILES string of the molecule is CC(=O)C(C)CCc1cn(C)c2ccccc12. The minimum absolute atomic E-state index is 0.161. The molecule has 1 heterocycles. The third-order valence-electron chi connectivity index (χ3n) is 3.52. The van der Waals surface area contributed by atoms with Crippen LogP contribution in [-0.2, 0) is 18.3 Å². The molecule has 0 N–H and O–H groups in total. The van der Waals surface area contributed by atoms with Crippen LogP contribution in [0.2, 0.25) is 0 Å². The second kappa shape index (κ2) is 4.74. The van der Waals surface area contributed by atoms with Gasteiger partial charge in [-0.3, -0.25) is 4.79 Å². The zero-order valence-electron chi connectivity index (χ0n) is 10.7. The zero-order valence-corrected chi connectivity index (χ0v) is 10.7. The lowest BCUT2D eigenvalue weighted by Gasteiger charge is -2.06. The van der Waals surface area contributed by atoms with E-state index in [1.165, 1.54) is 16.5 Å². The van der Waals surface area contributed by atoms with E-state index in [0.29, 0.717) is 0 Å². The monoisotopic (exact) mass is 229 g/mol. The largest absolute Gasteiger partial charge is 0.350 e. The van der Waals surface area contributed by atoms with Gasteiger partial charge >= 0.3 is 0 Å². The highest BCUT2D eigenvalue weighted by Crippen LogP contribution is 2.22. The molecular formula is C15H19NO. The Morgan fingerprint density at radius 1 is 1.35 bits per heavy atom. The second-order valence-electron chi connectivity index (χ2n) is 4.83. The molecular weight excluding hydrogens is 210 g/mol. The molecule has 0 aliphatic heterocycles. The lowest BCUT2D eigenvalue weighted by atomic mass is 9.98. The number of aryl methyl sites for hydroxylation is 2. The summed E-state index contributed by atoms with van der Waals surface area (Å²) in [6, 6.07) is 8.42. The summed E-state index contributed by atoms with van der Waals surface area (Å²) in [5, 5.41) is 1.31. The van der Waals surface area contributed by atoms with Gasteiger partial charge in [0.15, 0.2) is 0 Å². The minimum Gasteiger partial charge on any atom is -0.350 e. The van der Waals surface area contributed by atoms with Crippen LogP contribution in [0.15, 0.2) is 30.5 Å². The first-order valence-electron chi connectivity index (χ1n) is 6.13. The summed E-state index contributed by atoms with van der Waals surface area (Å²) in [7, 11) is 2.07. The molecule has 2 aromatic rings. The Morgan fingerprint density at radius 3 is 2.76 bits per heavy atom. The van der Waals surface area contributed by atoms with Gasteiger partial charge in [0.25, 0.3) is 0 Å². The second-order valence-corrected chi connectivity index (χ2v) is 4.83. The van der Waals surface area contributed by atoms with Crippen LogP contribution >= 0.6 is 0 Å². The summed E-state index contributed by atoms with van der Waals surface area (Å²) in [5.74, 6) is 0.444. The van der Waals surface area contributed by atoms with E-state index in [9.17, 15) is 4.79 Å². The van der Waals surface area contributed by atoms with Crippen LogP contribution < -0.4 is 0 Å². The van der Waals surface area contributed by atoms with Gasteiger partial charge in [-0.1, -0.05) is 25.1 Å². The first kappa shape index (κ1) is 11.9. The fraction of sp³-hybridized carbons (Fsp3) is 0.400. The molecule has 1 aromatic heterocycles. The average molecular weight is 229 g/mol. The fourth-order valence-electron chi connectivity index (χ4n) is 2.20. The topological polar surface area (TPSA) is 22.0 Å². The van der Waals surface area contributed by atoms with Gasteiger partial charge in [0, 0.05) is 30.1 Å². The maximum absolute atomic E-state index is 11.2. The molecule has 2 rings (SSSR count). The molecule has 1 atom stereocenters. The molecule has 1 aromatic carbocycles. The molecule has 90 valence electrons. The number of para-hydroxylation sites is 1. The predicted octanol–water partition coefficient (Wildman–Crippen LogP) is 3.34. The molecule has 0 radical (unpaired) electrons. The Hall–Kier alpha value is -1.57. The van der Waals surface area contributed by atoms with Crippen molar-refractivity contribution in [2.75, 3.05) is 0 Å². The molecule has 0 saturated heterocycles. The van der Waals surface area contributed by atoms with E-state index in [2.05, 4.69) is 42.1 Å². The Bertz CT molecular complexity index is 539. The molecule has 2 nitrogen and oxygen atoms in total. The summed E-state index contributed by atoms with van der Waals surface area (Å²) in [6.07, 6.45) is 4.09. The first-order chi connectivity index (χ1) is 8.09. The van der Waals surface area contributed by atoms with E-state index < -0.39 is 0 Å². The molecule has 0 amide bonds. The molecule has 0 fully saturated rings. The third kappa shape index (κ3) is 2.41. The number of rotatable bonds is 4. The fourth-order valence-corrected chi connectivity index (χ4v) is 2.20. The van der Waals surface area contributed by atoms with Crippen LogP contribution in [0.3, 0.4) is 0 Å². The number of ketones is 1. The zero-order chi connectivity index (χ0) is 12.4. The number of carbonyl (C=O) groups is 1. The number of carbonyl (C=O) groups excluding carboxylic acids is 1. The summed E-state index contributed by atoms with van der Waals surface area (Å²) >= 11 is 0. The first-order valence-corrected chi connectivity index (χ1v) is 6.13. The predicted molar refractivity (Wildman–Crippen MR) is 71.1 cm³/mol. The number of hydrogen-bond donors (Lipinski definition) is 0. The van der Waals surface area contributed by atoms with Gasteiger partial charge < -0.3 is 4.57 Å². The van der Waals surface area contributed by atoms with E-state index >= 15 is 0 Å². The van der Waals surface area contributed by atoms with Crippen molar-refractivity contribution in [2.24, 2.45) is 13.0 Å². The third-order valence-corrected chi connectivity index (χ3v) is 3.52. The van der Waals surface area contributed by atoms with Gasteiger partial charge in [0.05, 0.1) is 0 Å². The van der Waals surface area contributed by atoms with Crippen molar-refractivity contribution in [3.63, 3.8) is 0 Å². The van der Waals surface area contributed by atoms with Crippen molar-refractivity contribution in [3.05, 3.63) is 36.0 Å². The average Bonchev–Trinajstić information content (AvgIpc) is 2.64. The van der Waals surface area contributed by atoms with Crippen molar-refractivity contribution < 1.29 is 4.79 Å². The smallest absolute Gasteiger partial charge is 0.132 e. The van der Waals surface area contributed by atoms with Crippen LogP contribution in [0.5, 0.6) is 0 Å². The Morgan fingerprint density at radius 2 is 2.06 bits per heavy atom. The van der Waals surface area contributed by atoms with Gasteiger partial charge in [-0.2, -0.15) is 0 Å². The van der Waals surface area contributed by atoms with Crippen LogP contribution in [0.4, 0.5) is 0 Å². The van der Waals surface area contributed by atoms with E-state index in [1.807, 2.05) is 6.92 Å². The van der Waals surface area contributed by atoms with Crippen LogP contribution in [0, 0.1) is 5.92 Å².